The van der Waals surface area contributed by atoms with Gasteiger partial charge in [0.15, 0.2) is 6.61 Å². The number of ether oxygens (including phenoxy) is 1. The Morgan fingerprint density at radius 1 is 1.17 bits per heavy atom. The molecule has 0 aliphatic carbocycles. The topological polar surface area (TPSA) is 99.2 Å². The van der Waals surface area contributed by atoms with Crippen LogP contribution in [-0.4, -0.2) is 28.2 Å². The molecule has 3 rings (SSSR count). The van der Waals surface area contributed by atoms with Crippen LogP contribution in [0.5, 0.6) is 5.75 Å². The molecule has 0 radical (unpaired) electrons. The van der Waals surface area contributed by atoms with Gasteiger partial charge in [0.2, 0.25) is 0 Å². The van der Waals surface area contributed by atoms with Crippen LogP contribution in [0.25, 0.3) is 5.69 Å². The minimum absolute atomic E-state index is 0.192. The van der Waals surface area contributed by atoms with Crippen molar-refractivity contribution in [3.63, 3.8) is 0 Å². The van der Waals surface area contributed by atoms with Crippen LogP contribution >= 0.6 is 0 Å². The number of carbonyl (C=O) groups excluding carboxylic acids is 2. The molecule has 1 aromatic heterocycles. The van der Waals surface area contributed by atoms with Crippen LogP contribution in [0.4, 0.5) is 18.9 Å². The predicted octanol–water partition coefficient (Wildman–Crippen LogP) is 3.32. The second-order valence-corrected chi connectivity index (χ2v) is 6.34. The van der Waals surface area contributed by atoms with Crippen molar-refractivity contribution < 1.29 is 27.5 Å². The first kappa shape index (κ1) is 20.9. The fourth-order valence-corrected chi connectivity index (χ4v) is 2.69. The van der Waals surface area contributed by atoms with Crippen molar-refractivity contribution in [2.45, 2.75) is 13.1 Å². The van der Waals surface area contributed by atoms with Gasteiger partial charge in [-0.25, -0.2) is 4.68 Å². The molecule has 0 aliphatic heterocycles. The molecule has 2 aromatic carbocycles. The molecule has 0 spiro atoms. The zero-order chi connectivity index (χ0) is 21.9. The van der Waals surface area contributed by atoms with E-state index in [0.717, 1.165) is 12.1 Å². The number of aromatic nitrogens is 2. The maximum Gasteiger partial charge on any atom is 0.416 e. The third kappa shape index (κ3) is 4.77. The van der Waals surface area contributed by atoms with Gasteiger partial charge >= 0.3 is 6.18 Å². The molecule has 10 heteroatoms. The lowest BCUT2D eigenvalue weighted by atomic mass is 10.2. The molecule has 3 aromatic rings. The summed E-state index contributed by atoms with van der Waals surface area (Å²) in [6.07, 6.45) is -3.19. The first-order valence-corrected chi connectivity index (χ1v) is 8.70. The average Bonchev–Trinajstić information content (AvgIpc) is 3.08. The molecule has 0 fully saturated rings. The number of rotatable bonds is 6. The number of hydrogen-bond acceptors (Lipinski definition) is 4. The lowest BCUT2D eigenvalue weighted by Gasteiger charge is -2.10. The lowest BCUT2D eigenvalue weighted by Crippen LogP contribution is -2.20. The van der Waals surface area contributed by atoms with Gasteiger partial charge in [0.25, 0.3) is 11.8 Å². The number of hydrogen-bond donors (Lipinski definition) is 2. The van der Waals surface area contributed by atoms with Gasteiger partial charge in [-0.3, -0.25) is 9.59 Å². The summed E-state index contributed by atoms with van der Waals surface area (Å²) in [4.78, 5) is 23.3. The smallest absolute Gasteiger partial charge is 0.416 e. The van der Waals surface area contributed by atoms with Gasteiger partial charge < -0.3 is 15.8 Å². The van der Waals surface area contributed by atoms with Crippen molar-refractivity contribution in [3.05, 3.63) is 71.5 Å². The summed E-state index contributed by atoms with van der Waals surface area (Å²) in [5, 5.41) is 6.72. The Bertz CT molecular complexity index is 1080. The first-order valence-electron chi connectivity index (χ1n) is 8.70. The molecule has 0 atom stereocenters. The number of alkyl halides is 3. The second kappa shape index (κ2) is 8.27. The zero-order valence-electron chi connectivity index (χ0n) is 15.7. The average molecular weight is 418 g/mol. The summed E-state index contributed by atoms with van der Waals surface area (Å²) in [7, 11) is 0. The first-order chi connectivity index (χ1) is 14.1. The van der Waals surface area contributed by atoms with Crippen molar-refractivity contribution in [1.29, 1.82) is 0 Å². The summed E-state index contributed by atoms with van der Waals surface area (Å²) in [5.74, 6) is -0.683. The minimum Gasteiger partial charge on any atom is -0.484 e. The molecule has 0 saturated carbocycles. The van der Waals surface area contributed by atoms with Gasteiger partial charge in [-0.05, 0) is 49.4 Å². The third-order valence-electron chi connectivity index (χ3n) is 4.17. The number of halogens is 3. The monoisotopic (exact) mass is 418 g/mol. The quantitative estimate of drug-likeness (QED) is 0.642. The highest BCUT2D eigenvalue weighted by atomic mass is 19.4. The highest BCUT2D eigenvalue weighted by molar-refractivity contribution is 6.05. The molecule has 0 bridgehead atoms. The number of benzene rings is 2. The van der Waals surface area contributed by atoms with E-state index in [0.29, 0.717) is 17.1 Å². The summed E-state index contributed by atoms with van der Waals surface area (Å²) in [6.45, 7) is 1.32. The molecule has 156 valence electrons. The zero-order valence-corrected chi connectivity index (χ0v) is 15.7. The van der Waals surface area contributed by atoms with Gasteiger partial charge in [-0.2, -0.15) is 18.3 Å². The SMILES string of the molecule is Cc1c(C(=O)Nc2ccc(OCC(N)=O)cc2)cnn1-c1cccc(C(F)(F)F)c1. The van der Waals surface area contributed by atoms with Crippen LogP contribution in [0.1, 0.15) is 21.6 Å². The maximum atomic E-state index is 13.0. The normalized spacial score (nSPS) is 11.2. The van der Waals surface area contributed by atoms with E-state index < -0.39 is 23.6 Å². The maximum absolute atomic E-state index is 13.0. The van der Waals surface area contributed by atoms with Crippen molar-refractivity contribution in [3.8, 4) is 11.4 Å². The highest BCUT2D eigenvalue weighted by Gasteiger charge is 2.30. The predicted molar refractivity (Wildman–Crippen MR) is 102 cm³/mol. The highest BCUT2D eigenvalue weighted by Crippen LogP contribution is 2.30. The van der Waals surface area contributed by atoms with Crippen LogP contribution in [0.2, 0.25) is 0 Å². The molecule has 3 N–H and O–H groups in total. The number of nitrogens with one attached hydrogen (secondary N) is 1. The van der Waals surface area contributed by atoms with Gasteiger partial charge in [-0.1, -0.05) is 6.07 Å². The molecule has 1 heterocycles. The molecule has 0 aliphatic rings. The van der Waals surface area contributed by atoms with E-state index in [9.17, 15) is 22.8 Å². The number of carbonyl (C=O) groups is 2. The second-order valence-electron chi connectivity index (χ2n) is 6.34. The summed E-state index contributed by atoms with van der Waals surface area (Å²) >= 11 is 0. The Hall–Kier alpha value is -3.82. The summed E-state index contributed by atoms with van der Waals surface area (Å²) < 4.78 is 45.3. The van der Waals surface area contributed by atoms with Crippen LogP contribution in [0.3, 0.4) is 0 Å². The fraction of sp³-hybridized carbons (Fsp3) is 0.150. The molecular formula is C20H17F3N4O3. The van der Waals surface area contributed by atoms with E-state index in [4.69, 9.17) is 10.5 Å². The van der Waals surface area contributed by atoms with Gasteiger partial charge in [0.1, 0.15) is 5.75 Å². The van der Waals surface area contributed by atoms with Crippen LogP contribution in [-0.2, 0) is 11.0 Å². The molecule has 0 unspecified atom stereocenters. The van der Waals surface area contributed by atoms with Crippen molar-refractivity contribution in [1.82, 2.24) is 9.78 Å². The van der Waals surface area contributed by atoms with Gasteiger partial charge in [-0.15, -0.1) is 0 Å². The van der Waals surface area contributed by atoms with E-state index in [2.05, 4.69) is 10.4 Å². The molecule has 2 amide bonds. The van der Waals surface area contributed by atoms with Gasteiger partial charge in [0, 0.05) is 5.69 Å². The largest absolute Gasteiger partial charge is 0.484 e. The Balaban J connectivity index is 1.76. The third-order valence-corrected chi connectivity index (χ3v) is 4.17. The number of nitrogens with zero attached hydrogens (tertiary/aromatic N) is 2. The number of nitrogens with two attached hydrogens (primary N) is 1. The lowest BCUT2D eigenvalue weighted by molar-refractivity contribution is -0.137. The summed E-state index contributed by atoms with van der Waals surface area (Å²) in [5.41, 5.74) is 5.44. The Morgan fingerprint density at radius 2 is 1.87 bits per heavy atom. The Morgan fingerprint density at radius 3 is 2.50 bits per heavy atom. The standard InChI is InChI=1S/C20H17F3N4O3/c1-12-17(10-25-27(12)15-4-2-3-13(9-15)20(21,22)23)19(29)26-14-5-7-16(8-6-14)30-11-18(24)28/h2-10H,11H2,1H3,(H2,24,28)(H,26,29). The minimum atomic E-state index is -4.48. The van der Waals surface area contributed by atoms with E-state index in [1.807, 2.05) is 0 Å². The molecule has 7 nitrogen and oxygen atoms in total. The number of primary amides is 1. The van der Waals surface area contributed by atoms with E-state index in [1.165, 1.54) is 23.0 Å². The van der Waals surface area contributed by atoms with Crippen LogP contribution in [0.15, 0.2) is 54.7 Å². The molecular weight excluding hydrogens is 401 g/mol. The van der Waals surface area contributed by atoms with Crippen molar-refractivity contribution >= 4 is 17.5 Å². The number of anilines is 1. The Kier molecular flexibility index (Phi) is 5.77. The van der Waals surface area contributed by atoms with Crippen LogP contribution < -0.4 is 15.8 Å². The number of amides is 2. The summed E-state index contributed by atoms with van der Waals surface area (Å²) in [6, 6.07) is 10.9. The van der Waals surface area contributed by atoms with E-state index in [-0.39, 0.29) is 17.9 Å². The van der Waals surface area contributed by atoms with E-state index >= 15 is 0 Å². The van der Waals surface area contributed by atoms with Crippen molar-refractivity contribution in [2.24, 2.45) is 5.73 Å². The van der Waals surface area contributed by atoms with Gasteiger partial charge in [0.05, 0.1) is 28.7 Å². The van der Waals surface area contributed by atoms with Crippen LogP contribution in [0, 0.1) is 6.92 Å². The molecule has 0 saturated heterocycles. The van der Waals surface area contributed by atoms with Crippen molar-refractivity contribution in [2.75, 3.05) is 11.9 Å². The molecule has 30 heavy (non-hydrogen) atoms. The van der Waals surface area contributed by atoms with E-state index in [1.54, 1.807) is 31.2 Å². The fourth-order valence-electron chi connectivity index (χ4n) is 2.69. The Labute approximate surface area is 169 Å².